The van der Waals surface area contributed by atoms with Gasteiger partial charge in [0.25, 0.3) is 0 Å². The Balaban J connectivity index is 4.79. The number of carbonyl (C=O) groups is 3. The Morgan fingerprint density at radius 2 is 0.867 bits per heavy atom. The summed E-state index contributed by atoms with van der Waals surface area (Å²) in [6.07, 6.45) is 39.9. The third kappa shape index (κ3) is 41.1. The second-order valence-corrected chi connectivity index (χ2v) is 17.4. The molecule has 0 amide bonds. The lowest BCUT2D eigenvalue weighted by Crippen LogP contribution is -2.30. The van der Waals surface area contributed by atoms with Gasteiger partial charge in [-0.05, 0) is 64.2 Å². The molecule has 0 spiro atoms. The molecule has 3 unspecified atom stereocenters. The maximum absolute atomic E-state index is 12.8. The van der Waals surface area contributed by atoms with Crippen LogP contribution in [0.4, 0.5) is 0 Å². The number of phosphoric ester groups is 1. The number of carbonyl (C=O) groups excluding carboxylic acids is 3. The van der Waals surface area contributed by atoms with Gasteiger partial charge in [-0.2, -0.15) is 0 Å². The van der Waals surface area contributed by atoms with Gasteiger partial charge >= 0.3 is 25.7 Å². The van der Waals surface area contributed by atoms with Crippen LogP contribution < -0.4 is 0 Å². The minimum Gasteiger partial charge on any atom is -0.462 e. The third-order valence-electron chi connectivity index (χ3n) is 10.0. The Bertz CT molecular complexity index is 1160. The zero-order valence-corrected chi connectivity index (χ0v) is 39.1. The van der Waals surface area contributed by atoms with E-state index < -0.39 is 57.8 Å². The van der Waals surface area contributed by atoms with Crippen molar-refractivity contribution >= 4 is 25.7 Å². The minimum absolute atomic E-state index is 0.152. The van der Waals surface area contributed by atoms with E-state index in [1.807, 2.05) is 0 Å². The van der Waals surface area contributed by atoms with Crippen LogP contribution in [-0.4, -0.2) is 66.5 Å². The highest BCUT2D eigenvalue weighted by Gasteiger charge is 2.28. The SMILES string of the molecule is CCC/C=C\C/C=C\CCCCCCCC(=O)OC(COC(=O)CCCCCCC/C=C\CCCC)COP(=O)(O)OCC(CO)OC(=O)CCCCCCCCCCC. The van der Waals surface area contributed by atoms with Crippen LogP contribution in [0.5, 0.6) is 0 Å². The van der Waals surface area contributed by atoms with Gasteiger partial charge in [-0.1, -0.05) is 166 Å². The summed E-state index contributed by atoms with van der Waals surface area (Å²) >= 11 is 0. The van der Waals surface area contributed by atoms with Gasteiger partial charge in [0.1, 0.15) is 12.7 Å². The summed E-state index contributed by atoms with van der Waals surface area (Å²) in [4.78, 5) is 48.0. The molecular weight excluding hydrogens is 783 g/mol. The first-order valence-corrected chi connectivity index (χ1v) is 25.4. The van der Waals surface area contributed by atoms with Gasteiger partial charge in [-0.25, -0.2) is 4.57 Å². The summed E-state index contributed by atoms with van der Waals surface area (Å²) in [6.45, 7) is 4.47. The van der Waals surface area contributed by atoms with Crippen molar-refractivity contribution in [1.82, 2.24) is 0 Å². The maximum atomic E-state index is 12.8. The van der Waals surface area contributed by atoms with E-state index in [0.717, 1.165) is 109 Å². The van der Waals surface area contributed by atoms with Crippen LogP contribution >= 0.6 is 7.82 Å². The fraction of sp³-hybridized carbons (Fsp3) is 0.812. The van der Waals surface area contributed by atoms with E-state index in [-0.39, 0.29) is 25.9 Å². The van der Waals surface area contributed by atoms with Crippen LogP contribution in [0.1, 0.15) is 213 Å². The number of allylic oxidation sites excluding steroid dienone is 6. The Morgan fingerprint density at radius 1 is 0.467 bits per heavy atom. The number of aliphatic hydroxyl groups is 1. The number of rotatable bonds is 44. The van der Waals surface area contributed by atoms with Crippen LogP contribution in [-0.2, 0) is 42.2 Å². The van der Waals surface area contributed by atoms with Gasteiger partial charge in [0.15, 0.2) is 6.10 Å². The maximum Gasteiger partial charge on any atom is 0.472 e. The molecule has 0 aliphatic carbocycles. The van der Waals surface area contributed by atoms with Crippen molar-refractivity contribution < 1.29 is 52.2 Å². The minimum atomic E-state index is -4.73. The second-order valence-electron chi connectivity index (χ2n) is 15.9. The monoisotopic (exact) mass is 871 g/mol. The van der Waals surface area contributed by atoms with Crippen LogP contribution in [0.25, 0.3) is 0 Å². The fourth-order valence-corrected chi connectivity index (χ4v) is 7.10. The molecule has 60 heavy (non-hydrogen) atoms. The van der Waals surface area contributed by atoms with Crippen molar-refractivity contribution in [3.05, 3.63) is 36.5 Å². The highest BCUT2D eigenvalue weighted by molar-refractivity contribution is 7.47. The summed E-state index contributed by atoms with van der Waals surface area (Å²) in [7, 11) is -4.73. The summed E-state index contributed by atoms with van der Waals surface area (Å²) in [5.74, 6) is -1.49. The van der Waals surface area contributed by atoms with Crippen molar-refractivity contribution in [2.24, 2.45) is 0 Å². The lowest BCUT2D eigenvalue weighted by molar-refractivity contribution is -0.161. The molecule has 11 nitrogen and oxygen atoms in total. The van der Waals surface area contributed by atoms with Gasteiger partial charge in [-0.3, -0.25) is 23.4 Å². The molecule has 12 heteroatoms. The van der Waals surface area contributed by atoms with Crippen LogP contribution in [0.15, 0.2) is 36.5 Å². The normalized spacial score (nSPS) is 13.9. The molecule has 0 fully saturated rings. The number of phosphoric acid groups is 1. The zero-order chi connectivity index (χ0) is 44.2. The van der Waals surface area contributed by atoms with Gasteiger partial charge in [-0.15, -0.1) is 0 Å². The molecule has 0 saturated carbocycles. The van der Waals surface area contributed by atoms with E-state index in [0.29, 0.717) is 19.3 Å². The Morgan fingerprint density at radius 3 is 1.37 bits per heavy atom. The standard InChI is InChI=1S/C48H87O11P/c1-4-7-10-13-16-19-21-22-24-27-30-33-36-39-48(52)59-45(41-55-46(50)37-34-31-28-26-23-20-17-14-11-8-5-2)43-57-60(53,54)56-42-44(40-49)58-47(51)38-35-32-29-25-18-15-12-9-6-3/h10,13-14,17,19,21,44-45,49H,4-9,11-12,15-16,18,20,22-43H2,1-3H3,(H,53,54)/b13-10-,17-14-,21-19-. The van der Waals surface area contributed by atoms with Gasteiger partial charge < -0.3 is 24.2 Å². The second kappa shape index (κ2) is 43.4. The molecule has 350 valence electrons. The van der Waals surface area contributed by atoms with Gasteiger partial charge in [0.2, 0.25) is 0 Å². The summed E-state index contributed by atoms with van der Waals surface area (Å²) in [5.41, 5.74) is 0. The van der Waals surface area contributed by atoms with Crippen LogP contribution in [0.2, 0.25) is 0 Å². The number of ether oxygens (including phenoxy) is 3. The van der Waals surface area contributed by atoms with E-state index in [2.05, 4.69) is 57.2 Å². The molecule has 0 rings (SSSR count). The van der Waals surface area contributed by atoms with Crippen molar-refractivity contribution in [2.45, 2.75) is 226 Å². The molecular formula is C48H87O11P. The zero-order valence-electron chi connectivity index (χ0n) is 38.2. The molecule has 0 bridgehead atoms. The molecule has 3 atom stereocenters. The summed E-state index contributed by atoms with van der Waals surface area (Å²) in [6, 6.07) is 0. The van der Waals surface area contributed by atoms with Gasteiger partial charge in [0.05, 0.1) is 19.8 Å². The molecule has 2 N–H and O–H groups in total. The van der Waals surface area contributed by atoms with E-state index in [1.54, 1.807) is 0 Å². The van der Waals surface area contributed by atoms with Crippen molar-refractivity contribution in [1.29, 1.82) is 0 Å². The largest absolute Gasteiger partial charge is 0.472 e. The Kier molecular flexibility index (Phi) is 41.7. The summed E-state index contributed by atoms with van der Waals surface area (Å²) < 4.78 is 39.1. The molecule has 0 saturated heterocycles. The first-order valence-electron chi connectivity index (χ1n) is 23.9. The molecule has 0 radical (unpaired) electrons. The van der Waals surface area contributed by atoms with Gasteiger partial charge in [0, 0.05) is 19.3 Å². The van der Waals surface area contributed by atoms with E-state index in [4.69, 9.17) is 23.3 Å². The summed E-state index contributed by atoms with van der Waals surface area (Å²) in [5, 5.41) is 9.71. The van der Waals surface area contributed by atoms with E-state index in [1.165, 1.54) is 44.9 Å². The number of unbranched alkanes of at least 4 members (excludes halogenated alkanes) is 21. The number of hydrogen-bond donors (Lipinski definition) is 2. The highest BCUT2D eigenvalue weighted by Crippen LogP contribution is 2.43. The number of hydrogen-bond acceptors (Lipinski definition) is 10. The quantitative estimate of drug-likeness (QED) is 0.0198. The lowest BCUT2D eigenvalue weighted by atomic mass is 10.1. The fourth-order valence-electron chi connectivity index (χ4n) is 6.31. The lowest BCUT2D eigenvalue weighted by Gasteiger charge is -2.21. The average Bonchev–Trinajstić information content (AvgIpc) is 3.23. The Hall–Kier alpha value is -2.30. The Labute approximate surface area is 365 Å². The van der Waals surface area contributed by atoms with Crippen molar-refractivity contribution in [3.63, 3.8) is 0 Å². The number of aliphatic hydroxyl groups excluding tert-OH is 1. The first-order chi connectivity index (χ1) is 29.2. The van der Waals surface area contributed by atoms with Crippen LogP contribution in [0, 0.1) is 0 Å². The van der Waals surface area contributed by atoms with E-state index in [9.17, 15) is 28.9 Å². The van der Waals surface area contributed by atoms with E-state index >= 15 is 0 Å². The van der Waals surface area contributed by atoms with Crippen molar-refractivity contribution in [2.75, 3.05) is 26.4 Å². The molecule has 0 aromatic rings. The molecule has 0 aromatic heterocycles. The predicted octanol–water partition coefficient (Wildman–Crippen LogP) is 12.9. The molecule has 0 aromatic carbocycles. The topological polar surface area (TPSA) is 155 Å². The molecule has 0 aliphatic heterocycles. The van der Waals surface area contributed by atoms with Crippen molar-refractivity contribution in [3.8, 4) is 0 Å². The highest BCUT2D eigenvalue weighted by atomic mass is 31.2. The average molecular weight is 871 g/mol. The molecule has 0 heterocycles. The molecule has 0 aliphatic rings. The van der Waals surface area contributed by atoms with Crippen LogP contribution in [0.3, 0.4) is 0 Å². The number of esters is 3. The first kappa shape index (κ1) is 57.7. The smallest absolute Gasteiger partial charge is 0.462 e. The predicted molar refractivity (Wildman–Crippen MR) is 242 cm³/mol. The third-order valence-corrected chi connectivity index (χ3v) is 11.0.